The number of para-hydroxylation sites is 2. The standard InChI is InChI=1S/C17H15Cl2N5O/c1-2-14-20-16(23-22-11-7-4-3-5-8-11)21-17(25)24(14)15-12(18)9-6-10-13(15)19/h3-10,22H,2H2,1H3,(H,21,23,25). The second-order valence-electron chi connectivity index (χ2n) is 5.12. The van der Waals surface area contributed by atoms with Crippen molar-refractivity contribution < 1.29 is 0 Å². The summed E-state index contributed by atoms with van der Waals surface area (Å²) in [6, 6.07) is 14.5. The molecule has 0 radical (unpaired) electrons. The van der Waals surface area contributed by atoms with Crippen molar-refractivity contribution in [3.63, 3.8) is 0 Å². The van der Waals surface area contributed by atoms with Crippen molar-refractivity contribution in [2.45, 2.75) is 13.3 Å². The van der Waals surface area contributed by atoms with Crippen LogP contribution in [0.15, 0.2) is 53.3 Å². The van der Waals surface area contributed by atoms with Gasteiger partial charge in [-0.25, -0.2) is 9.36 Å². The summed E-state index contributed by atoms with van der Waals surface area (Å²) in [6.45, 7) is 1.89. The van der Waals surface area contributed by atoms with Gasteiger partial charge in [0.05, 0.1) is 21.4 Å². The summed E-state index contributed by atoms with van der Waals surface area (Å²) in [6.07, 6.45) is 0.499. The number of anilines is 2. The Hall–Kier alpha value is -2.57. The second kappa shape index (κ2) is 7.55. The molecule has 2 N–H and O–H groups in total. The smallest absolute Gasteiger partial charge is 0.298 e. The number of hydrogen-bond acceptors (Lipinski definition) is 5. The molecular formula is C17H15Cl2N5O. The zero-order valence-corrected chi connectivity index (χ0v) is 14.8. The highest BCUT2D eigenvalue weighted by molar-refractivity contribution is 6.37. The minimum absolute atomic E-state index is 0.171. The van der Waals surface area contributed by atoms with Gasteiger partial charge in [0.1, 0.15) is 5.82 Å². The van der Waals surface area contributed by atoms with E-state index >= 15 is 0 Å². The number of rotatable bonds is 5. The molecule has 0 unspecified atom stereocenters. The Labute approximate surface area is 154 Å². The van der Waals surface area contributed by atoms with Crippen molar-refractivity contribution >= 4 is 34.8 Å². The molecule has 0 saturated heterocycles. The summed E-state index contributed by atoms with van der Waals surface area (Å²) in [5.41, 5.74) is 6.47. The molecule has 8 heteroatoms. The predicted octanol–water partition coefficient (Wildman–Crippen LogP) is 3.94. The van der Waals surface area contributed by atoms with Crippen molar-refractivity contribution in [3.05, 3.63) is 74.9 Å². The number of benzene rings is 2. The number of nitrogens with zero attached hydrogens (tertiary/aromatic N) is 3. The molecule has 0 atom stereocenters. The van der Waals surface area contributed by atoms with E-state index in [2.05, 4.69) is 20.8 Å². The van der Waals surface area contributed by atoms with Crippen molar-refractivity contribution in [1.29, 1.82) is 0 Å². The zero-order valence-electron chi connectivity index (χ0n) is 13.3. The fraction of sp³-hybridized carbons (Fsp3) is 0.118. The molecule has 2 aromatic carbocycles. The van der Waals surface area contributed by atoms with Crippen LogP contribution in [0, 0.1) is 0 Å². The largest absolute Gasteiger partial charge is 0.357 e. The molecular weight excluding hydrogens is 361 g/mol. The summed E-state index contributed by atoms with van der Waals surface area (Å²) in [4.78, 5) is 20.9. The number of hydrogen-bond donors (Lipinski definition) is 2. The lowest BCUT2D eigenvalue weighted by Crippen LogP contribution is -2.29. The summed E-state index contributed by atoms with van der Waals surface area (Å²) in [7, 11) is 0. The van der Waals surface area contributed by atoms with E-state index < -0.39 is 5.69 Å². The van der Waals surface area contributed by atoms with Crippen LogP contribution in [0.3, 0.4) is 0 Å². The van der Waals surface area contributed by atoms with Gasteiger partial charge in [0, 0.05) is 6.42 Å². The lowest BCUT2D eigenvalue weighted by molar-refractivity contribution is 0.772. The summed E-state index contributed by atoms with van der Waals surface area (Å²) in [5, 5.41) is 0.715. The predicted molar refractivity (Wildman–Crippen MR) is 101 cm³/mol. The molecule has 1 heterocycles. The normalized spacial score (nSPS) is 10.5. The van der Waals surface area contributed by atoms with Crippen LogP contribution < -0.4 is 16.5 Å². The van der Waals surface area contributed by atoms with Gasteiger partial charge in [-0.1, -0.05) is 54.4 Å². The Morgan fingerprint density at radius 3 is 2.28 bits per heavy atom. The van der Waals surface area contributed by atoms with E-state index in [0.717, 1.165) is 5.69 Å². The Bertz CT molecular complexity index is 923. The van der Waals surface area contributed by atoms with Crippen LogP contribution in [0.25, 0.3) is 5.69 Å². The van der Waals surface area contributed by atoms with Crippen molar-refractivity contribution in [2.24, 2.45) is 0 Å². The molecule has 3 rings (SSSR count). The zero-order chi connectivity index (χ0) is 17.8. The fourth-order valence-electron chi connectivity index (χ4n) is 2.32. The van der Waals surface area contributed by atoms with E-state index in [-0.39, 0.29) is 5.95 Å². The second-order valence-corrected chi connectivity index (χ2v) is 5.94. The first-order chi connectivity index (χ1) is 12.1. The van der Waals surface area contributed by atoms with E-state index in [9.17, 15) is 4.79 Å². The average molecular weight is 376 g/mol. The minimum Gasteiger partial charge on any atom is -0.298 e. The van der Waals surface area contributed by atoms with Gasteiger partial charge in [-0.2, -0.15) is 9.97 Å². The van der Waals surface area contributed by atoms with Crippen molar-refractivity contribution in [2.75, 3.05) is 10.9 Å². The highest BCUT2D eigenvalue weighted by Gasteiger charge is 2.16. The topological polar surface area (TPSA) is 71.8 Å². The third-order valence-corrected chi connectivity index (χ3v) is 4.07. The SMILES string of the molecule is CCc1nc(NNc2ccccc2)nc(=O)n1-c1c(Cl)cccc1Cl. The molecule has 3 aromatic rings. The molecule has 128 valence electrons. The molecule has 6 nitrogen and oxygen atoms in total. The van der Waals surface area contributed by atoms with E-state index in [0.29, 0.717) is 28.0 Å². The van der Waals surface area contributed by atoms with Crippen LogP contribution in [-0.2, 0) is 6.42 Å². The maximum atomic E-state index is 12.6. The number of aryl methyl sites for hydroxylation is 1. The summed E-state index contributed by atoms with van der Waals surface area (Å²) >= 11 is 12.4. The summed E-state index contributed by atoms with van der Waals surface area (Å²) < 4.78 is 1.33. The van der Waals surface area contributed by atoms with E-state index in [1.165, 1.54) is 4.57 Å². The Morgan fingerprint density at radius 1 is 0.960 bits per heavy atom. The number of halogens is 2. The maximum Gasteiger partial charge on any atom is 0.357 e. The molecule has 0 aliphatic rings. The number of nitrogens with one attached hydrogen (secondary N) is 2. The lowest BCUT2D eigenvalue weighted by atomic mass is 10.3. The minimum atomic E-state index is -0.515. The van der Waals surface area contributed by atoms with Gasteiger partial charge < -0.3 is 0 Å². The van der Waals surface area contributed by atoms with Crippen LogP contribution in [0.4, 0.5) is 11.6 Å². The monoisotopic (exact) mass is 375 g/mol. The van der Waals surface area contributed by atoms with Gasteiger partial charge in [0.2, 0.25) is 5.95 Å². The van der Waals surface area contributed by atoms with Crippen LogP contribution in [0.2, 0.25) is 10.0 Å². The van der Waals surface area contributed by atoms with Crippen LogP contribution in [0.1, 0.15) is 12.7 Å². The van der Waals surface area contributed by atoms with Gasteiger partial charge in [-0.3, -0.25) is 10.9 Å². The van der Waals surface area contributed by atoms with Gasteiger partial charge in [-0.15, -0.1) is 0 Å². The first kappa shape index (κ1) is 17.3. The van der Waals surface area contributed by atoms with E-state index in [4.69, 9.17) is 23.2 Å². The molecule has 0 saturated carbocycles. The molecule has 1 aromatic heterocycles. The quantitative estimate of drug-likeness (QED) is 0.660. The Balaban J connectivity index is 1.98. The highest BCUT2D eigenvalue weighted by Crippen LogP contribution is 2.28. The molecule has 0 aliphatic heterocycles. The van der Waals surface area contributed by atoms with E-state index in [1.807, 2.05) is 37.3 Å². The maximum absolute atomic E-state index is 12.6. The molecule has 0 spiro atoms. The molecule has 0 bridgehead atoms. The van der Waals surface area contributed by atoms with Crippen LogP contribution in [-0.4, -0.2) is 14.5 Å². The van der Waals surface area contributed by atoms with Gasteiger partial charge in [0.25, 0.3) is 0 Å². The average Bonchev–Trinajstić information content (AvgIpc) is 2.62. The molecule has 0 aliphatic carbocycles. The third-order valence-electron chi connectivity index (χ3n) is 3.46. The van der Waals surface area contributed by atoms with Crippen molar-refractivity contribution in [1.82, 2.24) is 14.5 Å². The van der Waals surface area contributed by atoms with Gasteiger partial charge in [0.15, 0.2) is 0 Å². The molecule has 0 amide bonds. The fourth-order valence-corrected chi connectivity index (χ4v) is 2.88. The number of aromatic nitrogens is 3. The lowest BCUT2D eigenvalue weighted by Gasteiger charge is -2.15. The van der Waals surface area contributed by atoms with Crippen LogP contribution in [0.5, 0.6) is 0 Å². The molecule has 25 heavy (non-hydrogen) atoms. The molecule has 0 fully saturated rings. The first-order valence-corrected chi connectivity index (χ1v) is 8.37. The van der Waals surface area contributed by atoms with Crippen molar-refractivity contribution in [3.8, 4) is 5.69 Å². The van der Waals surface area contributed by atoms with Gasteiger partial charge in [-0.05, 0) is 24.3 Å². The third kappa shape index (κ3) is 3.75. The number of hydrazine groups is 1. The summed E-state index contributed by atoms with van der Waals surface area (Å²) in [5.74, 6) is 0.664. The van der Waals surface area contributed by atoms with Crippen LogP contribution >= 0.6 is 23.2 Å². The first-order valence-electron chi connectivity index (χ1n) is 7.61. The van der Waals surface area contributed by atoms with Gasteiger partial charge >= 0.3 is 5.69 Å². The highest BCUT2D eigenvalue weighted by atomic mass is 35.5. The Morgan fingerprint density at radius 2 is 1.64 bits per heavy atom. The Kier molecular flexibility index (Phi) is 5.21. The van der Waals surface area contributed by atoms with E-state index in [1.54, 1.807) is 18.2 Å².